The first kappa shape index (κ1) is 22.0. The second kappa shape index (κ2) is 10.9. The second-order valence-electron chi connectivity index (χ2n) is 7.04. The number of hydrogen-bond donors (Lipinski definition) is 1. The number of rotatable bonds is 9. The third kappa shape index (κ3) is 5.68. The lowest BCUT2D eigenvalue weighted by Crippen LogP contribution is -2.26. The first-order valence-electron chi connectivity index (χ1n) is 10.3. The number of hydrogen-bond acceptors (Lipinski definition) is 4. The molecule has 31 heavy (non-hydrogen) atoms. The van der Waals surface area contributed by atoms with Gasteiger partial charge in [0.25, 0.3) is 5.91 Å². The molecule has 1 N–H and O–H groups in total. The van der Waals surface area contributed by atoms with Crippen LogP contribution in [0.15, 0.2) is 66.4 Å². The highest BCUT2D eigenvalue weighted by Crippen LogP contribution is 2.26. The van der Waals surface area contributed by atoms with Crippen molar-refractivity contribution in [3.8, 4) is 23.0 Å². The van der Waals surface area contributed by atoms with Crippen LogP contribution in [0.25, 0.3) is 23.0 Å². The highest BCUT2D eigenvalue weighted by atomic mass is 16.5. The molecule has 0 bridgehead atoms. The zero-order chi connectivity index (χ0) is 22.1. The van der Waals surface area contributed by atoms with Crippen LogP contribution in [0.2, 0.25) is 0 Å². The van der Waals surface area contributed by atoms with E-state index in [4.69, 9.17) is 9.84 Å². The number of nitriles is 1. The average Bonchev–Trinajstić information content (AvgIpc) is 3.24. The predicted octanol–water partition coefficient (Wildman–Crippen LogP) is 4.16. The van der Waals surface area contributed by atoms with Crippen molar-refractivity contribution in [2.24, 2.45) is 0 Å². The number of amides is 1. The number of aryl methyl sites for hydroxylation is 1. The quantitative estimate of drug-likeness (QED) is 0.324. The Balaban J connectivity index is 1.98. The van der Waals surface area contributed by atoms with E-state index in [9.17, 15) is 10.1 Å². The standard InChI is InChI=1S/C25H26N4O2/c1-3-19-10-12-20(13-11-19)24-22(18-29(28-24)23-8-5-4-6-9-23)16-21(17-26)25(30)27-14-7-15-31-2/h4-6,8-13,16,18H,3,7,14-15H2,1-2H3,(H,27,30)/b21-16+. The van der Waals surface area contributed by atoms with Crippen molar-refractivity contribution in [2.45, 2.75) is 19.8 Å². The topological polar surface area (TPSA) is 79.9 Å². The molecule has 0 unspecified atom stereocenters. The normalized spacial score (nSPS) is 11.2. The molecule has 3 rings (SSSR count). The molecule has 0 aliphatic rings. The lowest BCUT2D eigenvalue weighted by Gasteiger charge is -2.04. The summed E-state index contributed by atoms with van der Waals surface area (Å²) < 4.78 is 6.75. The van der Waals surface area contributed by atoms with Gasteiger partial charge in [-0.15, -0.1) is 0 Å². The minimum atomic E-state index is -0.404. The van der Waals surface area contributed by atoms with Crippen LogP contribution < -0.4 is 5.32 Å². The number of carbonyl (C=O) groups is 1. The van der Waals surface area contributed by atoms with Crippen molar-refractivity contribution < 1.29 is 9.53 Å². The molecule has 0 aliphatic heterocycles. The summed E-state index contributed by atoms with van der Waals surface area (Å²) in [5.74, 6) is -0.404. The van der Waals surface area contributed by atoms with Gasteiger partial charge >= 0.3 is 0 Å². The molecule has 1 heterocycles. The van der Waals surface area contributed by atoms with Crippen LogP contribution in [0.3, 0.4) is 0 Å². The number of methoxy groups -OCH3 is 1. The molecule has 1 amide bonds. The fourth-order valence-electron chi connectivity index (χ4n) is 3.15. The number of nitrogens with one attached hydrogen (secondary N) is 1. The number of nitrogens with zero attached hydrogens (tertiary/aromatic N) is 3. The van der Waals surface area contributed by atoms with Crippen LogP contribution in [0, 0.1) is 11.3 Å². The van der Waals surface area contributed by atoms with Crippen LogP contribution in [0.4, 0.5) is 0 Å². The van der Waals surface area contributed by atoms with E-state index in [0.29, 0.717) is 30.8 Å². The second-order valence-corrected chi connectivity index (χ2v) is 7.04. The average molecular weight is 415 g/mol. The zero-order valence-corrected chi connectivity index (χ0v) is 17.8. The Kier molecular flexibility index (Phi) is 7.74. The number of para-hydroxylation sites is 1. The highest BCUT2D eigenvalue weighted by molar-refractivity contribution is 6.02. The Bertz CT molecular complexity index is 1080. The minimum Gasteiger partial charge on any atom is -0.385 e. The molecule has 0 aliphatic carbocycles. The van der Waals surface area contributed by atoms with Crippen molar-refractivity contribution in [1.29, 1.82) is 5.26 Å². The van der Waals surface area contributed by atoms with Gasteiger partial charge in [-0.1, -0.05) is 49.4 Å². The molecule has 158 valence electrons. The molecule has 0 spiro atoms. The molecule has 6 heteroatoms. The summed E-state index contributed by atoms with van der Waals surface area (Å²) in [6, 6.07) is 19.9. The Hall–Kier alpha value is -3.69. The van der Waals surface area contributed by atoms with E-state index in [0.717, 1.165) is 17.7 Å². The van der Waals surface area contributed by atoms with Crippen LogP contribution in [-0.4, -0.2) is 35.9 Å². The van der Waals surface area contributed by atoms with Gasteiger partial charge in [-0.25, -0.2) is 4.68 Å². The van der Waals surface area contributed by atoms with Gasteiger partial charge in [0, 0.05) is 37.6 Å². The van der Waals surface area contributed by atoms with E-state index in [1.807, 2.05) is 54.7 Å². The Morgan fingerprint density at radius 2 is 1.94 bits per heavy atom. The molecule has 0 atom stereocenters. The molecule has 0 saturated carbocycles. The number of carbonyl (C=O) groups excluding carboxylic acids is 1. The Labute approximate surface area is 182 Å². The number of ether oxygens (including phenoxy) is 1. The Morgan fingerprint density at radius 3 is 2.58 bits per heavy atom. The smallest absolute Gasteiger partial charge is 0.261 e. The monoisotopic (exact) mass is 414 g/mol. The lowest BCUT2D eigenvalue weighted by molar-refractivity contribution is -0.117. The maximum absolute atomic E-state index is 12.5. The summed E-state index contributed by atoms with van der Waals surface area (Å²) in [5, 5.41) is 17.1. The summed E-state index contributed by atoms with van der Waals surface area (Å²) in [7, 11) is 1.61. The third-order valence-electron chi connectivity index (χ3n) is 4.87. The summed E-state index contributed by atoms with van der Waals surface area (Å²) in [5.41, 5.74) is 4.52. The van der Waals surface area contributed by atoms with E-state index in [1.54, 1.807) is 17.9 Å². The largest absolute Gasteiger partial charge is 0.385 e. The van der Waals surface area contributed by atoms with Gasteiger partial charge < -0.3 is 10.1 Å². The fraction of sp³-hybridized carbons (Fsp3) is 0.240. The Morgan fingerprint density at radius 1 is 1.19 bits per heavy atom. The van der Waals surface area contributed by atoms with E-state index in [2.05, 4.69) is 24.4 Å². The van der Waals surface area contributed by atoms with Crippen molar-refractivity contribution in [1.82, 2.24) is 15.1 Å². The highest BCUT2D eigenvalue weighted by Gasteiger charge is 2.15. The van der Waals surface area contributed by atoms with Gasteiger partial charge in [-0.05, 0) is 36.6 Å². The van der Waals surface area contributed by atoms with Crippen LogP contribution in [0.1, 0.15) is 24.5 Å². The maximum Gasteiger partial charge on any atom is 0.261 e. The van der Waals surface area contributed by atoms with Gasteiger partial charge in [0.05, 0.1) is 11.4 Å². The summed E-state index contributed by atoms with van der Waals surface area (Å²) in [6.07, 6.45) is 5.07. The molecule has 1 aromatic heterocycles. The molecule has 2 aromatic carbocycles. The summed E-state index contributed by atoms with van der Waals surface area (Å²) in [4.78, 5) is 12.5. The number of benzene rings is 2. The fourth-order valence-corrected chi connectivity index (χ4v) is 3.15. The van der Waals surface area contributed by atoms with E-state index in [1.165, 1.54) is 5.56 Å². The van der Waals surface area contributed by atoms with E-state index in [-0.39, 0.29) is 5.57 Å². The van der Waals surface area contributed by atoms with Crippen molar-refractivity contribution in [2.75, 3.05) is 20.3 Å². The first-order valence-corrected chi connectivity index (χ1v) is 10.3. The van der Waals surface area contributed by atoms with E-state index < -0.39 is 5.91 Å². The number of aromatic nitrogens is 2. The molecule has 0 fully saturated rings. The minimum absolute atomic E-state index is 0.0384. The van der Waals surface area contributed by atoms with Gasteiger partial charge in [-0.2, -0.15) is 10.4 Å². The SMILES string of the molecule is CCc1ccc(-c2nn(-c3ccccc3)cc2/C=C(\C#N)C(=O)NCCCOC)cc1. The van der Waals surface area contributed by atoms with Gasteiger partial charge in [0.2, 0.25) is 0 Å². The maximum atomic E-state index is 12.5. The van der Waals surface area contributed by atoms with Gasteiger partial charge in [0.1, 0.15) is 11.6 Å². The van der Waals surface area contributed by atoms with Crippen LogP contribution in [-0.2, 0) is 16.0 Å². The molecular formula is C25H26N4O2. The molecule has 6 nitrogen and oxygen atoms in total. The summed E-state index contributed by atoms with van der Waals surface area (Å²) >= 11 is 0. The van der Waals surface area contributed by atoms with E-state index >= 15 is 0 Å². The third-order valence-corrected chi connectivity index (χ3v) is 4.87. The lowest BCUT2D eigenvalue weighted by atomic mass is 10.0. The van der Waals surface area contributed by atoms with Gasteiger partial charge in [-0.3, -0.25) is 4.79 Å². The van der Waals surface area contributed by atoms with Crippen molar-refractivity contribution >= 4 is 12.0 Å². The zero-order valence-electron chi connectivity index (χ0n) is 17.8. The first-order chi connectivity index (χ1) is 15.2. The predicted molar refractivity (Wildman–Crippen MR) is 121 cm³/mol. The van der Waals surface area contributed by atoms with Crippen molar-refractivity contribution in [3.63, 3.8) is 0 Å². The molecule has 0 radical (unpaired) electrons. The van der Waals surface area contributed by atoms with Crippen LogP contribution in [0.5, 0.6) is 0 Å². The van der Waals surface area contributed by atoms with Crippen LogP contribution >= 0.6 is 0 Å². The van der Waals surface area contributed by atoms with Crippen molar-refractivity contribution in [3.05, 3.63) is 77.5 Å². The molecular weight excluding hydrogens is 388 g/mol. The summed E-state index contributed by atoms with van der Waals surface area (Å²) in [6.45, 7) is 3.10. The van der Waals surface area contributed by atoms with Gasteiger partial charge in [0.15, 0.2) is 0 Å². The molecule has 3 aromatic rings. The molecule has 0 saturated heterocycles.